The molecule has 1 fully saturated rings. The summed E-state index contributed by atoms with van der Waals surface area (Å²) in [5, 5.41) is 16.6. The molecule has 0 unspecified atom stereocenters. The molecule has 302 valence electrons. The van der Waals surface area contributed by atoms with Gasteiger partial charge in [-0.2, -0.15) is 0 Å². The van der Waals surface area contributed by atoms with Gasteiger partial charge in [-0.3, -0.25) is 23.9 Å². The maximum absolute atomic E-state index is 13.3. The summed E-state index contributed by atoms with van der Waals surface area (Å²) in [5.74, 6) is 1.77. The molecule has 4 aromatic carbocycles. The zero-order valence-corrected chi connectivity index (χ0v) is 35.2. The molecule has 3 heterocycles. The van der Waals surface area contributed by atoms with Crippen molar-refractivity contribution in [1.82, 2.24) is 30.3 Å². The minimum Gasteiger partial charge on any atom is -0.484 e. The molecule has 3 amide bonds. The quantitative estimate of drug-likeness (QED) is 0.164. The molecule has 0 spiro atoms. The largest absolute Gasteiger partial charge is 0.484 e. The monoisotopic (exact) mass is 819 g/mol. The summed E-state index contributed by atoms with van der Waals surface area (Å²) < 4.78 is 7.99. The lowest BCUT2D eigenvalue weighted by Gasteiger charge is -2.32. The summed E-state index contributed by atoms with van der Waals surface area (Å²) in [6.45, 7) is 10.4. The van der Waals surface area contributed by atoms with Gasteiger partial charge in [0.15, 0.2) is 12.4 Å². The van der Waals surface area contributed by atoms with E-state index in [0.29, 0.717) is 47.1 Å². The van der Waals surface area contributed by atoms with Gasteiger partial charge < -0.3 is 25.7 Å². The molecule has 1 aromatic heterocycles. The van der Waals surface area contributed by atoms with Crippen LogP contribution in [0.4, 0.5) is 0 Å². The molecule has 4 N–H and O–H groups in total. The van der Waals surface area contributed by atoms with Crippen LogP contribution in [0.1, 0.15) is 82.4 Å². The van der Waals surface area contributed by atoms with Gasteiger partial charge in [0, 0.05) is 47.9 Å². The normalized spacial score (nSPS) is 15.0. The number of aromatic nitrogens is 3. The summed E-state index contributed by atoms with van der Waals surface area (Å²) in [4.78, 5) is 46.3. The molecular formula is C44H50ClN7O5Si. The standard InChI is InChI=1S/C44H48ClN7O4Si.H2O/c1-5-46-40(53)25-38-43-50-49-28(2)52(43)39-17-16-35(24-37(39)42(48-38)31-12-14-34(45)15-13-31)56-27-41(54)47-26-29-8-6-9-32(22-29)30-18-20-51(21-19-30)44(55)33-10-7-11-36(23-33)57(3)4;/h6-17,22-24,30,38,57H,5,18-21,25-27H2,1-4H3,(H,46,53)(H,47,54);1H2/t38-;/m0./s1. The number of rotatable bonds is 12. The molecule has 12 nitrogen and oxygen atoms in total. The van der Waals surface area contributed by atoms with Crippen molar-refractivity contribution in [3.05, 3.63) is 135 Å². The molecule has 0 radical (unpaired) electrons. The van der Waals surface area contributed by atoms with Crippen LogP contribution >= 0.6 is 11.6 Å². The Bertz CT molecular complexity index is 2300. The maximum Gasteiger partial charge on any atom is 0.258 e. The van der Waals surface area contributed by atoms with E-state index in [2.05, 4.69) is 58.2 Å². The van der Waals surface area contributed by atoms with E-state index in [1.54, 1.807) is 12.1 Å². The van der Waals surface area contributed by atoms with Crippen LogP contribution < -0.4 is 20.6 Å². The predicted octanol–water partition coefficient (Wildman–Crippen LogP) is 5.23. The van der Waals surface area contributed by atoms with Crippen molar-refractivity contribution < 1.29 is 24.6 Å². The Morgan fingerprint density at radius 3 is 2.40 bits per heavy atom. The van der Waals surface area contributed by atoms with Gasteiger partial charge >= 0.3 is 0 Å². The molecular weight excluding hydrogens is 770 g/mol. The minimum absolute atomic E-state index is 0. The van der Waals surface area contributed by atoms with Crippen LogP contribution in [0.15, 0.2) is 96.0 Å². The number of nitrogens with zero attached hydrogens (tertiary/aromatic N) is 5. The minimum atomic E-state index is -0.988. The maximum atomic E-state index is 13.3. The number of likely N-dealkylation sites (tertiary alicyclic amines) is 1. The van der Waals surface area contributed by atoms with E-state index in [0.717, 1.165) is 53.9 Å². The number of carbonyl (C=O) groups is 3. The van der Waals surface area contributed by atoms with Crippen LogP contribution in [0.5, 0.6) is 5.75 Å². The van der Waals surface area contributed by atoms with Gasteiger partial charge in [0.1, 0.15) is 17.6 Å². The zero-order chi connectivity index (χ0) is 40.1. The lowest BCUT2D eigenvalue weighted by Crippen LogP contribution is -2.38. The van der Waals surface area contributed by atoms with E-state index in [1.807, 2.05) is 77.9 Å². The van der Waals surface area contributed by atoms with Gasteiger partial charge in [0.05, 0.1) is 26.6 Å². The third-order valence-corrected chi connectivity index (χ3v) is 12.6. The van der Waals surface area contributed by atoms with Gasteiger partial charge in [-0.1, -0.05) is 84.5 Å². The second-order valence-corrected chi connectivity index (χ2v) is 18.3. The predicted molar refractivity (Wildman–Crippen MR) is 229 cm³/mol. The van der Waals surface area contributed by atoms with E-state index >= 15 is 0 Å². The number of halogens is 1. The second kappa shape index (κ2) is 18.7. The number of hydrogen-bond donors (Lipinski definition) is 2. The molecule has 0 saturated carbocycles. The Kier molecular flexibility index (Phi) is 13.6. The molecule has 1 saturated heterocycles. The molecule has 0 aliphatic carbocycles. The highest BCUT2D eigenvalue weighted by Gasteiger charge is 2.30. The number of piperidine rings is 1. The molecule has 7 rings (SSSR count). The molecule has 2 aliphatic heterocycles. The zero-order valence-electron chi connectivity index (χ0n) is 33.3. The Hall–Kier alpha value is -5.63. The molecule has 5 aromatic rings. The van der Waals surface area contributed by atoms with Gasteiger partial charge in [-0.25, -0.2) is 0 Å². The Morgan fingerprint density at radius 1 is 0.897 bits per heavy atom. The number of benzene rings is 4. The molecule has 58 heavy (non-hydrogen) atoms. The number of aryl methyl sites for hydroxylation is 1. The Balaban J connectivity index is 0.00000567. The first-order valence-electron chi connectivity index (χ1n) is 19.6. The van der Waals surface area contributed by atoms with Crippen LogP contribution in [0, 0.1) is 6.92 Å². The van der Waals surface area contributed by atoms with Crippen molar-refractivity contribution in [3.63, 3.8) is 0 Å². The fraction of sp³-hybridized carbons (Fsp3) is 0.318. The van der Waals surface area contributed by atoms with Crippen molar-refractivity contribution in [2.75, 3.05) is 26.2 Å². The second-order valence-electron chi connectivity index (χ2n) is 14.9. The highest BCUT2D eigenvalue weighted by molar-refractivity contribution is 6.70. The highest BCUT2D eigenvalue weighted by Crippen LogP contribution is 2.35. The highest BCUT2D eigenvalue weighted by atomic mass is 35.5. The Morgan fingerprint density at radius 2 is 1.66 bits per heavy atom. The van der Waals surface area contributed by atoms with E-state index < -0.39 is 14.8 Å². The van der Waals surface area contributed by atoms with Crippen molar-refractivity contribution in [2.24, 2.45) is 4.99 Å². The average Bonchev–Trinajstić information content (AvgIpc) is 3.55. The number of ether oxygens (including phenoxy) is 1. The van der Waals surface area contributed by atoms with Crippen LogP contribution in [0.25, 0.3) is 5.69 Å². The number of amides is 3. The first-order valence-corrected chi connectivity index (χ1v) is 22.9. The number of hydrogen-bond acceptors (Lipinski definition) is 7. The van der Waals surface area contributed by atoms with Gasteiger partial charge in [-0.05, 0) is 80.1 Å². The topological polar surface area (TPSA) is 162 Å². The first kappa shape index (κ1) is 42.0. The lowest BCUT2D eigenvalue weighted by atomic mass is 9.88. The summed E-state index contributed by atoms with van der Waals surface area (Å²) in [5.41, 5.74) is 5.99. The summed E-state index contributed by atoms with van der Waals surface area (Å²) in [7, 11) is -0.988. The first-order chi connectivity index (χ1) is 27.6. The number of aliphatic imine (C=N–C) groups is 1. The van der Waals surface area contributed by atoms with Gasteiger partial charge in [-0.15, -0.1) is 10.2 Å². The molecule has 1 atom stereocenters. The van der Waals surface area contributed by atoms with Gasteiger partial charge in [0.2, 0.25) is 5.91 Å². The fourth-order valence-electron chi connectivity index (χ4n) is 7.57. The van der Waals surface area contributed by atoms with E-state index in [9.17, 15) is 14.4 Å². The number of nitrogens with one attached hydrogen (secondary N) is 2. The number of carbonyl (C=O) groups excluding carboxylic acids is 3. The van der Waals surface area contributed by atoms with E-state index in [-0.39, 0.29) is 36.2 Å². The van der Waals surface area contributed by atoms with Gasteiger partial charge in [0.25, 0.3) is 11.8 Å². The van der Waals surface area contributed by atoms with Crippen molar-refractivity contribution in [1.29, 1.82) is 0 Å². The summed E-state index contributed by atoms with van der Waals surface area (Å²) in [6.07, 6.45) is 1.89. The molecule has 14 heteroatoms. The lowest BCUT2D eigenvalue weighted by molar-refractivity contribution is -0.123. The van der Waals surface area contributed by atoms with Crippen molar-refractivity contribution in [2.45, 2.75) is 64.7 Å². The number of fused-ring (bicyclic) bond motifs is 3. The average molecular weight is 820 g/mol. The van der Waals surface area contributed by atoms with Crippen LogP contribution in [-0.2, 0) is 16.1 Å². The SMILES string of the molecule is CCNC(=O)C[C@@H]1N=C(c2ccc(Cl)cc2)c2cc(OCC(=O)NCc3cccc(C4CCN(C(=O)c5cccc([SiH](C)C)c5)CC4)c3)ccc2-n2c(C)nnc21.O. The van der Waals surface area contributed by atoms with Crippen molar-refractivity contribution >= 4 is 49.0 Å². The summed E-state index contributed by atoms with van der Waals surface area (Å²) in [6, 6.07) is 28.9. The third kappa shape index (κ3) is 9.55. The Labute approximate surface area is 345 Å². The molecule has 0 bridgehead atoms. The van der Waals surface area contributed by atoms with Crippen molar-refractivity contribution in [3.8, 4) is 11.4 Å². The fourth-order valence-corrected chi connectivity index (χ4v) is 8.71. The third-order valence-electron chi connectivity index (χ3n) is 10.6. The van der Waals surface area contributed by atoms with E-state index in [1.165, 1.54) is 10.8 Å². The van der Waals surface area contributed by atoms with Crippen LogP contribution in [-0.4, -0.2) is 83.6 Å². The van der Waals surface area contributed by atoms with E-state index in [4.69, 9.17) is 21.3 Å². The smallest absolute Gasteiger partial charge is 0.258 e. The summed E-state index contributed by atoms with van der Waals surface area (Å²) >= 11 is 6.25. The molecule has 2 aliphatic rings. The van der Waals surface area contributed by atoms with Crippen LogP contribution in [0.3, 0.4) is 0 Å². The van der Waals surface area contributed by atoms with Crippen LogP contribution in [0.2, 0.25) is 18.1 Å².